The molecule has 0 unspecified atom stereocenters. The molecule has 2 N–H and O–H groups in total. The summed E-state index contributed by atoms with van der Waals surface area (Å²) in [6.07, 6.45) is 1.48. The van der Waals surface area contributed by atoms with Crippen LogP contribution >= 0.6 is 50.7 Å². The Kier molecular flexibility index (Phi) is 4.17. The Hall–Kier alpha value is -0.750. The van der Waals surface area contributed by atoms with E-state index in [2.05, 4.69) is 25.9 Å². The van der Waals surface area contributed by atoms with Gasteiger partial charge in [0.15, 0.2) is 0 Å². The molecule has 0 bridgehead atoms. The van der Waals surface area contributed by atoms with E-state index < -0.39 is 0 Å². The van der Waals surface area contributed by atoms with Gasteiger partial charge in [0.05, 0.1) is 25.7 Å². The molecule has 0 amide bonds. The summed E-state index contributed by atoms with van der Waals surface area (Å²) >= 11 is 20.9. The highest BCUT2D eigenvalue weighted by Gasteiger charge is 2.11. The molecule has 4 nitrogen and oxygen atoms in total. The van der Waals surface area contributed by atoms with Crippen LogP contribution < -0.4 is 10.5 Å². The molecule has 0 aliphatic carbocycles. The standard InChI is InChI=1S/C10H5BrCl3N3O/c11-4-3-16-10(15)17-9(4)18-8-2-6(13)5(12)1-7(8)14/h1-3H,(H2,15,16,17). The molecule has 0 spiro atoms. The first-order valence-electron chi connectivity index (χ1n) is 4.58. The highest BCUT2D eigenvalue weighted by atomic mass is 79.9. The second-order valence-electron chi connectivity index (χ2n) is 3.18. The Balaban J connectivity index is 2.40. The predicted octanol–water partition coefficient (Wildman–Crippen LogP) is 4.57. The number of nitrogen functional groups attached to an aromatic ring is 1. The topological polar surface area (TPSA) is 61.0 Å². The van der Waals surface area contributed by atoms with Gasteiger partial charge in [0.25, 0.3) is 0 Å². The van der Waals surface area contributed by atoms with Crippen molar-refractivity contribution in [3.63, 3.8) is 0 Å². The fourth-order valence-electron chi connectivity index (χ4n) is 1.12. The number of hydrogen-bond donors (Lipinski definition) is 1. The van der Waals surface area contributed by atoms with E-state index >= 15 is 0 Å². The summed E-state index contributed by atoms with van der Waals surface area (Å²) < 4.78 is 6.04. The monoisotopic (exact) mass is 367 g/mol. The number of nitrogens with two attached hydrogens (primary N) is 1. The van der Waals surface area contributed by atoms with E-state index in [1.54, 1.807) is 0 Å². The average Bonchev–Trinajstić information content (AvgIpc) is 2.30. The van der Waals surface area contributed by atoms with Gasteiger partial charge in [-0.15, -0.1) is 0 Å². The maximum Gasteiger partial charge on any atom is 0.238 e. The van der Waals surface area contributed by atoms with E-state index in [1.165, 1.54) is 18.3 Å². The Morgan fingerprint density at radius 2 is 1.78 bits per heavy atom. The lowest BCUT2D eigenvalue weighted by molar-refractivity contribution is 0.459. The quantitative estimate of drug-likeness (QED) is 0.788. The molecule has 1 heterocycles. The minimum atomic E-state index is 0.0874. The van der Waals surface area contributed by atoms with Crippen molar-refractivity contribution in [3.8, 4) is 11.6 Å². The maximum absolute atomic E-state index is 5.99. The van der Waals surface area contributed by atoms with E-state index in [4.69, 9.17) is 45.3 Å². The van der Waals surface area contributed by atoms with Gasteiger partial charge < -0.3 is 10.5 Å². The molecular weight excluding hydrogens is 364 g/mol. The normalized spacial score (nSPS) is 10.4. The molecule has 0 saturated carbocycles. The first kappa shape index (κ1) is 13.7. The summed E-state index contributed by atoms with van der Waals surface area (Å²) in [7, 11) is 0. The zero-order valence-electron chi connectivity index (χ0n) is 8.62. The van der Waals surface area contributed by atoms with Crippen LogP contribution in [-0.2, 0) is 0 Å². The van der Waals surface area contributed by atoms with Crippen molar-refractivity contribution >= 4 is 56.7 Å². The third kappa shape index (κ3) is 2.98. The molecule has 94 valence electrons. The van der Waals surface area contributed by atoms with Gasteiger partial charge in [0, 0.05) is 6.07 Å². The van der Waals surface area contributed by atoms with Crippen LogP contribution in [0.5, 0.6) is 11.6 Å². The molecule has 18 heavy (non-hydrogen) atoms. The minimum absolute atomic E-state index is 0.0874. The van der Waals surface area contributed by atoms with E-state index in [0.29, 0.717) is 25.3 Å². The molecule has 2 rings (SSSR count). The number of halogens is 4. The Bertz CT molecular complexity index is 609. The SMILES string of the molecule is Nc1ncc(Br)c(Oc2cc(Cl)c(Cl)cc2Cl)n1. The van der Waals surface area contributed by atoms with Crippen molar-refractivity contribution in [1.82, 2.24) is 9.97 Å². The molecule has 1 aromatic heterocycles. The smallest absolute Gasteiger partial charge is 0.238 e. The van der Waals surface area contributed by atoms with Crippen LogP contribution in [-0.4, -0.2) is 9.97 Å². The summed E-state index contributed by atoms with van der Waals surface area (Å²) in [6.45, 7) is 0. The molecule has 0 aliphatic heterocycles. The van der Waals surface area contributed by atoms with Gasteiger partial charge in [-0.3, -0.25) is 0 Å². The van der Waals surface area contributed by atoms with E-state index in [9.17, 15) is 0 Å². The average molecular weight is 369 g/mol. The number of anilines is 1. The second-order valence-corrected chi connectivity index (χ2v) is 5.26. The van der Waals surface area contributed by atoms with Gasteiger partial charge in [-0.25, -0.2) is 4.98 Å². The summed E-state index contributed by atoms with van der Waals surface area (Å²) in [6, 6.07) is 2.98. The molecule has 0 atom stereocenters. The highest BCUT2D eigenvalue weighted by Crippen LogP contribution is 2.37. The third-order valence-corrected chi connectivity index (χ3v) is 3.47. The maximum atomic E-state index is 5.99. The van der Waals surface area contributed by atoms with Crippen LogP contribution in [0, 0.1) is 0 Å². The molecule has 8 heteroatoms. The second kappa shape index (κ2) is 5.48. The van der Waals surface area contributed by atoms with Gasteiger partial charge in [-0.05, 0) is 22.0 Å². The third-order valence-electron chi connectivity index (χ3n) is 1.91. The summed E-state index contributed by atoms with van der Waals surface area (Å²) in [4.78, 5) is 7.72. The molecule has 1 aromatic carbocycles. The van der Waals surface area contributed by atoms with Crippen LogP contribution in [0.4, 0.5) is 5.95 Å². The number of ether oxygens (including phenoxy) is 1. The number of benzene rings is 1. The van der Waals surface area contributed by atoms with Crippen molar-refractivity contribution in [2.45, 2.75) is 0 Å². The number of rotatable bonds is 2. The van der Waals surface area contributed by atoms with Crippen molar-refractivity contribution in [2.75, 3.05) is 5.73 Å². The number of nitrogens with zero attached hydrogens (tertiary/aromatic N) is 2. The summed E-state index contributed by atoms with van der Waals surface area (Å²) in [5, 5.41) is 0.984. The van der Waals surface area contributed by atoms with Crippen LogP contribution in [0.1, 0.15) is 0 Å². The number of hydrogen-bond acceptors (Lipinski definition) is 4. The van der Waals surface area contributed by atoms with Crippen LogP contribution in [0.25, 0.3) is 0 Å². The Morgan fingerprint density at radius 3 is 2.50 bits per heavy atom. The first-order chi connectivity index (χ1) is 8.47. The van der Waals surface area contributed by atoms with Crippen molar-refractivity contribution < 1.29 is 4.74 Å². The van der Waals surface area contributed by atoms with E-state index in [-0.39, 0.29) is 11.8 Å². The zero-order chi connectivity index (χ0) is 13.3. The fraction of sp³-hybridized carbons (Fsp3) is 0. The largest absolute Gasteiger partial charge is 0.436 e. The molecular formula is C10H5BrCl3N3O. The highest BCUT2D eigenvalue weighted by molar-refractivity contribution is 9.10. The number of aromatic nitrogens is 2. The van der Waals surface area contributed by atoms with Crippen LogP contribution in [0.3, 0.4) is 0 Å². The Labute approximate surface area is 126 Å². The molecule has 0 aliphatic rings. The van der Waals surface area contributed by atoms with Crippen molar-refractivity contribution in [3.05, 3.63) is 37.9 Å². The van der Waals surface area contributed by atoms with Gasteiger partial charge >= 0.3 is 0 Å². The van der Waals surface area contributed by atoms with Crippen molar-refractivity contribution in [2.24, 2.45) is 0 Å². The lowest BCUT2D eigenvalue weighted by Crippen LogP contribution is -1.97. The van der Waals surface area contributed by atoms with Gasteiger partial charge in [-0.2, -0.15) is 4.98 Å². The van der Waals surface area contributed by atoms with Gasteiger partial charge in [-0.1, -0.05) is 34.8 Å². The molecule has 0 radical (unpaired) electrons. The Morgan fingerprint density at radius 1 is 1.11 bits per heavy atom. The summed E-state index contributed by atoms with van der Waals surface area (Å²) in [5.41, 5.74) is 5.47. The van der Waals surface area contributed by atoms with Crippen LogP contribution in [0.15, 0.2) is 22.8 Å². The zero-order valence-corrected chi connectivity index (χ0v) is 12.5. The fourth-order valence-corrected chi connectivity index (χ4v) is 1.97. The molecule has 0 saturated heterocycles. The molecule has 0 fully saturated rings. The van der Waals surface area contributed by atoms with E-state index in [0.717, 1.165) is 0 Å². The summed E-state index contributed by atoms with van der Waals surface area (Å²) in [5.74, 6) is 0.650. The molecule has 2 aromatic rings. The van der Waals surface area contributed by atoms with Crippen LogP contribution in [0.2, 0.25) is 15.1 Å². The van der Waals surface area contributed by atoms with Crippen molar-refractivity contribution in [1.29, 1.82) is 0 Å². The van der Waals surface area contributed by atoms with Gasteiger partial charge in [0.1, 0.15) is 5.75 Å². The first-order valence-corrected chi connectivity index (χ1v) is 6.50. The lowest BCUT2D eigenvalue weighted by atomic mass is 10.3. The minimum Gasteiger partial charge on any atom is -0.436 e. The van der Waals surface area contributed by atoms with Gasteiger partial charge in [0.2, 0.25) is 11.8 Å². The predicted molar refractivity (Wildman–Crippen MR) is 75.7 cm³/mol. The lowest BCUT2D eigenvalue weighted by Gasteiger charge is -2.09. The van der Waals surface area contributed by atoms with E-state index in [1.807, 2.05) is 0 Å².